The van der Waals surface area contributed by atoms with Crippen LogP contribution >= 0.6 is 15.6 Å². The monoisotopic (exact) mass is 521 g/mol. The van der Waals surface area contributed by atoms with E-state index in [2.05, 4.69) is 19.3 Å². The van der Waals surface area contributed by atoms with Crippen molar-refractivity contribution in [3.8, 4) is 0 Å². The van der Waals surface area contributed by atoms with E-state index in [1.165, 1.54) is 6.20 Å². The molecule has 2 aromatic rings. The molecule has 34 heavy (non-hydrogen) atoms. The molecule has 2 saturated heterocycles. The van der Waals surface area contributed by atoms with Crippen LogP contribution in [0.15, 0.2) is 23.5 Å². The third-order valence-corrected chi connectivity index (χ3v) is 8.64. The summed E-state index contributed by atoms with van der Waals surface area (Å²) >= 11 is 0. The van der Waals surface area contributed by atoms with E-state index in [9.17, 15) is 28.8 Å². The zero-order valence-corrected chi connectivity index (χ0v) is 19.3. The van der Waals surface area contributed by atoms with E-state index < -0.39 is 51.8 Å². The zero-order valence-electron chi connectivity index (χ0n) is 17.5. The Hall–Kier alpha value is -2.33. The van der Waals surface area contributed by atoms with Crippen molar-refractivity contribution < 1.29 is 42.3 Å². The molecule has 186 valence electrons. The summed E-state index contributed by atoms with van der Waals surface area (Å²) in [5.41, 5.74) is 3.86. The lowest BCUT2D eigenvalue weighted by Gasteiger charge is -2.35. The van der Waals surface area contributed by atoms with E-state index in [-0.39, 0.29) is 30.7 Å². The summed E-state index contributed by atoms with van der Waals surface area (Å²) in [5, 5.41) is 10.8. The summed E-state index contributed by atoms with van der Waals surface area (Å²) in [4.78, 5) is 45.5. The Morgan fingerprint density at radius 3 is 2.88 bits per heavy atom. The fourth-order valence-electron chi connectivity index (χ4n) is 4.14. The van der Waals surface area contributed by atoms with Gasteiger partial charge in [0.05, 0.1) is 19.9 Å². The number of imidazole rings is 1. The highest BCUT2D eigenvalue weighted by atomic mass is 31.3. The fourth-order valence-corrected chi connectivity index (χ4v) is 6.54. The molecule has 3 aliphatic rings. The molecule has 5 rings (SSSR count). The lowest BCUT2D eigenvalue weighted by Crippen LogP contribution is -2.50. The molecule has 2 aromatic heterocycles. The number of hydrogen-bond acceptors (Lipinski definition) is 13. The predicted octanol–water partition coefficient (Wildman–Crippen LogP) is -1.60. The number of anilines is 3. The highest BCUT2D eigenvalue weighted by Crippen LogP contribution is 2.61. The van der Waals surface area contributed by atoms with Crippen LogP contribution in [-0.2, 0) is 27.4 Å². The van der Waals surface area contributed by atoms with Crippen molar-refractivity contribution in [2.24, 2.45) is 0 Å². The largest absolute Gasteiger partial charge is 0.480 e. The van der Waals surface area contributed by atoms with Crippen LogP contribution in [0.2, 0.25) is 0 Å². The van der Waals surface area contributed by atoms with Gasteiger partial charge in [0, 0.05) is 19.4 Å². The molecule has 0 radical (unpaired) electrons. The number of fused-ring (bicyclic) bond motifs is 3. The summed E-state index contributed by atoms with van der Waals surface area (Å²) in [5.74, 6) is 0.0993. The van der Waals surface area contributed by atoms with E-state index in [4.69, 9.17) is 19.7 Å². The van der Waals surface area contributed by atoms with Crippen molar-refractivity contribution in [3.63, 3.8) is 0 Å². The number of hydrogen-bond donors (Lipinski definition) is 5. The lowest BCUT2D eigenvalue weighted by atomic mass is 10.0. The standard InChI is InChI=1S/C15H21N7O10P2/c1-20-7-22(11-8(20)12(24)19-14(16)18-11)13-9-10(23)15(31-13,4-29-9)5-30-34(27,28)32-33(25,26)21-3-2-17-6-21/h2-3,6,9-10,13,23H,4-5,7H2,1H3,(H,25,26)(H,27,28)(H3,16,18,19,24)/t9-,10?,13+,15+/m0/s1. The van der Waals surface area contributed by atoms with Crippen LogP contribution in [-0.4, -0.2) is 85.1 Å². The Morgan fingerprint density at radius 2 is 2.18 bits per heavy atom. The van der Waals surface area contributed by atoms with Gasteiger partial charge in [0.1, 0.15) is 29.8 Å². The van der Waals surface area contributed by atoms with Crippen molar-refractivity contribution in [2.45, 2.75) is 24.0 Å². The Balaban J connectivity index is 1.33. The number of phosphoric acid groups is 1. The van der Waals surface area contributed by atoms with Crippen molar-refractivity contribution in [3.05, 3.63) is 29.1 Å². The molecular weight excluding hydrogens is 500 g/mol. The number of aromatic amines is 1. The number of aliphatic hydroxyl groups is 1. The molecule has 0 spiro atoms. The predicted molar refractivity (Wildman–Crippen MR) is 113 cm³/mol. The van der Waals surface area contributed by atoms with Crippen LogP contribution in [0.3, 0.4) is 0 Å². The van der Waals surface area contributed by atoms with Gasteiger partial charge in [-0.15, -0.1) is 0 Å². The van der Waals surface area contributed by atoms with Gasteiger partial charge in [0.15, 0.2) is 12.0 Å². The van der Waals surface area contributed by atoms with Crippen molar-refractivity contribution >= 4 is 33.0 Å². The highest BCUT2D eigenvalue weighted by Gasteiger charge is 2.64. The molecule has 0 aliphatic carbocycles. The first-order valence-corrected chi connectivity index (χ1v) is 12.8. The Bertz CT molecular complexity index is 1260. The summed E-state index contributed by atoms with van der Waals surface area (Å²) in [6, 6.07) is 0. The minimum Gasteiger partial charge on any atom is -0.387 e. The molecular formula is C15H21N7O10P2. The van der Waals surface area contributed by atoms with Crippen LogP contribution < -0.4 is 21.1 Å². The van der Waals surface area contributed by atoms with Gasteiger partial charge in [-0.3, -0.25) is 14.3 Å². The molecule has 6 N–H and O–H groups in total. The van der Waals surface area contributed by atoms with Crippen molar-refractivity contribution in [1.29, 1.82) is 0 Å². The fraction of sp³-hybridized carbons (Fsp3) is 0.533. The average molecular weight is 521 g/mol. The Kier molecular flexibility index (Phi) is 5.40. The van der Waals surface area contributed by atoms with Crippen molar-refractivity contribution in [1.82, 2.24) is 19.3 Å². The van der Waals surface area contributed by atoms with Gasteiger partial charge < -0.3 is 39.9 Å². The zero-order chi connectivity index (χ0) is 24.5. The maximum absolute atomic E-state index is 12.4. The summed E-state index contributed by atoms with van der Waals surface area (Å²) in [6.07, 6.45) is 0.0102. The highest BCUT2D eigenvalue weighted by molar-refractivity contribution is 7.63. The van der Waals surface area contributed by atoms with Crippen molar-refractivity contribution in [2.75, 3.05) is 42.5 Å². The van der Waals surface area contributed by atoms with E-state index in [1.54, 1.807) is 16.8 Å². The maximum atomic E-state index is 12.4. The Morgan fingerprint density at radius 1 is 1.41 bits per heavy atom. The molecule has 2 fully saturated rings. The second kappa shape index (κ2) is 7.84. The normalized spacial score (nSPS) is 31.5. The van der Waals surface area contributed by atoms with Gasteiger partial charge in [-0.25, -0.2) is 18.5 Å². The van der Waals surface area contributed by atoms with Crippen LogP contribution in [0.4, 0.5) is 17.5 Å². The average Bonchev–Trinajstić information content (AvgIpc) is 3.50. The molecule has 0 aromatic carbocycles. The van der Waals surface area contributed by atoms with E-state index in [0.717, 1.165) is 12.5 Å². The molecule has 19 heteroatoms. The van der Waals surface area contributed by atoms with Gasteiger partial charge >= 0.3 is 15.6 Å². The second-order valence-corrected chi connectivity index (χ2v) is 11.3. The van der Waals surface area contributed by atoms with Gasteiger partial charge in [0.2, 0.25) is 5.95 Å². The molecule has 6 atom stereocenters. The number of nitrogen functional groups attached to an aromatic ring is 1. The van der Waals surface area contributed by atoms with Gasteiger partial charge in [-0.2, -0.15) is 9.29 Å². The molecule has 2 bridgehead atoms. The number of nitrogens with zero attached hydrogens (tertiary/aromatic N) is 5. The number of aromatic nitrogens is 4. The number of ether oxygens (including phenoxy) is 2. The SMILES string of the molecule is CN1CN([C@@H]2O[C@@]3(COP(=O)(O)OP(=O)(O)n4ccnc4)CO[C@H]2C3O)c2nc(N)[nH]c(=O)c21. The topological polar surface area (TPSA) is 228 Å². The number of nitrogens with one attached hydrogen (secondary N) is 1. The van der Waals surface area contributed by atoms with E-state index in [0.29, 0.717) is 4.34 Å². The summed E-state index contributed by atoms with van der Waals surface area (Å²) < 4.78 is 46.2. The first-order chi connectivity index (χ1) is 15.9. The maximum Gasteiger partial charge on any atom is 0.480 e. The Labute approximate surface area is 190 Å². The molecule has 5 heterocycles. The van der Waals surface area contributed by atoms with Gasteiger partial charge in [-0.05, 0) is 0 Å². The second-order valence-electron chi connectivity index (χ2n) is 7.98. The quantitative estimate of drug-likeness (QED) is 0.258. The van der Waals surface area contributed by atoms with Crippen LogP contribution in [0.1, 0.15) is 0 Å². The number of aliphatic hydroxyl groups excluding tert-OH is 1. The van der Waals surface area contributed by atoms with Crippen LogP contribution in [0.25, 0.3) is 0 Å². The molecule has 3 aliphatic heterocycles. The first-order valence-electron chi connectivity index (χ1n) is 9.78. The number of phosphoric ester groups is 1. The molecule has 3 unspecified atom stereocenters. The summed E-state index contributed by atoms with van der Waals surface area (Å²) in [6.45, 7) is -0.751. The van der Waals surface area contributed by atoms with E-state index in [1.807, 2.05) is 0 Å². The minimum atomic E-state index is -5.10. The smallest absolute Gasteiger partial charge is 0.387 e. The molecule has 0 saturated carbocycles. The van der Waals surface area contributed by atoms with E-state index >= 15 is 0 Å². The molecule has 17 nitrogen and oxygen atoms in total. The van der Waals surface area contributed by atoms with Gasteiger partial charge in [0.25, 0.3) is 5.56 Å². The third-order valence-electron chi connectivity index (χ3n) is 5.69. The summed E-state index contributed by atoms with van der Waals surface area (Å²) in [7, 11) is -8.22. The number of rotatable bonds is 7. The number of nitrogens with two attached hydrogens (primary N) is 1. The first kappa shape index (κ1) is 23.4. The van der Waals surface area contributed by atoms with Gasteiger partial charge in [-0.1, -0.05) is 0 Å². The lowest BCUT2D eigenvalue weighted by molar-refractivity contribution is -0.158. The molecule has 0 amide bonds. The number of H-pyrrole nitrogens is 1. The van der Waals surface area contributed by atoms with Crippen LogP contribution in [0.5, 0.6) is 0 Å². The van der Waals surface area contributed by atoms with Crippen LogP contribution in [0, 0.1) is 0 Å². The third kappa shape index (κ3) is 3.75. The minimum absolute atomic E-state index is 0.114.